The fourth-order valence-corrected chi connectivity index (χ4v) is 1.05. The molecule has 0 saturated carbocycles. The average Bonchev–Trinajstić information content (AvgIpc) is 2.17. The van der Waals surface area contributed by atoms with E-state index in [-0.39, 0.29) is 18.4 Å². The highest BCUT2D eigenvalue weighted by Crippen LogP contribution is 1.95. The van der Waals surface area contributed by atoms with Gasteiger partial charge in [0.05, 0.1) is 6.61 Å². The minimum Gasteiger partial charge on any atom is -0.480 e. The van der Waals surface area contributed by atoms with Crippen molar-refractivity contribution in [2.45, 2.75) is 13.0 Å². The van der Waals surface area contributed by atoms with Crippen LogP contribution in [-0.4, -0.2) is 50.3 Å². The summed E-state index contributed by atoms with van der Waals surface area (Å²) in [7, 11) is 3.12. The summed E-state index contributed by atoms with van der Waals surface area (Å²) in [6, 6.07) is -0.984. The van der Waals surface area contributed by atoms with Gasteiger partial charge in [-0.1, -0.05) is 6.92 Å². The topological polar surface area (TPSA) is 87.7 Å². The van der Waals surface area contributed by atoms with Gasteiger partial charge in [0.25, 0.3) is 0 Å². The van der Waals surface area contributed by atoms with Crippen molar-refractivity contribution < 1.29 is 19.4 Å². The van der Waals surface area contributed by atoms with E-state index in [1.165, 1.54) is 7.11 Å². The van der Waals surface area contributed by atoms with Gasteiger partial charge >= 0.3 is 5.97 Å². The Morgan fingerprint density at radius 3 is 2.47 bits per heavy atom. The Kier molecular flexibility index (Phi) is 6.64. The lowest BCUT2D eigenvalue weighted by Crippen LogP contribution is -2.47. The molecule has 0 aliphatic rings. The van der Waals surface area contributed by atoms with Crippen LogP contribution in [0, 0.1) is 5.92 Å². The van der Waals surface area contributed by atoms with E-state index in [4.69, 9.17) is 9.84 Å². The zero-order valence-electron chi connectivity index (χ0n) is 9.24. The van der Waals surface area contributed by atoms with Crippen molar-refractivity contribution in [2.75, 3.05) is 27.3 Å². The minimum absolute atomic E-state index is 0.0344. The van der Waals surface area contributed by atoms with E-state index in [2.05, 4.69) is 10.6 Å². The van der Waals surface area contributed by atoms with Gasteiger partial charge in [0.1, 0.15) is 0 Å². The first-order valence-corrected chi connectivity index (χ1v) is 4.69. The van der Waals surface area contributed by atoms with Gasteiger partial charge in [0, 0.05) is 19.6 Å². The standard InChI is InChI=1S/C9H18N2O4/c1-6(4-10-2)8(12)11-7(5-15-3)9(13)14/h6-7,10H,4-5H2,1-3H3,(H,11,12)(H,13,14). The predicted octanol–water partition coefficient (Wildman–Crippen LogP) is -0.942. The van der Waals surface area contributed by atoms with Crippen LogP contribution < -0.4 is 10.6 Å². The van der Waals surface area contributed by atoms with Crippen LogP contribution in [0.15, 0.2) is 0 Å². The third-order valence-electron chi connectivity index (χ3n) is 1.91. The van der Waals surface area contributed by atoms with Crippen molar-refractivity contribution in [1.29, 1.82) is 0 Å². The smallest absolute Gasteiger partial charge is 0.328 e. The van der Waals surface area contributed by atoms with Gasteiger partial charge in [-0.15, -0.1) is 0 Å². The van der Waals surface area contributed by atoms with Crippen LogP contribution in [0.5, 0.6) is 0 Å². The Morgan fingerprint density at radius 1 is 1.47 bits per heavy atom. The number of rotatable bonds is 7. The second-order valence-electron chi connectivity index (χ2n) is 3.31. The van der Waals surface area contributed by atoms with Gasteiger partial charge < -0.3 is 20.5 Å². The summed E-state index contributed by atoms with van der Waals surface area (Å²) < 4.78 is 4.69. The molecule has 0 saturated heterocycles. The number of carboxylic acids is 1. The number of carbonyl (C=O) groups is 2. The fraction of sp³-hybridized carbons (Fsp3) is 0.778. The van der Waals surface area contributed by atoms with Gasteiger partial charge in [-0.25, -0.2) is 4.79 Å². The van der Waals surface area contributed by atoms with E-state index in [0.29, 0.717) is 6.54 Å². The first-order valence-electron chi connectivity index (χ1n) is 4.69. The van der Waals surface area contributed by atoms with Crippen LogP contribution in [-0.2, 0) is 14.3 Å². The van der Waals surface area contributed by atoms with Crippen LogP contribution in [0.25, 0.3) is 0 Å². The summed E-state index contributed by atoms with van der Waals surface area (Å²) in [6.45, 7) is 2.19. The summed E-state index contributed by atoms with van der Waals surface area (Å²) in [5.41, 5.74) is 0. The average molecular weight is 218 g/mol. The van der Waals surface area contributed by atoms with Crippen LogP contribution >= 0.6 is 0 Å². The number of ether oxygens (including phenoxy) is 1. The second kappa shape index (κ2) is 7.19. The van der Waals surface area contributed by atoms with E-state index < -0.39 is 12.0 Å². The lowest BCUT2D eigenvalue weighted by atomic mass is 10.1. The minimum atomic E-state index is -1.10. The molecule has 15 heavy (non-hydrogen) atoms. The summed E-state index contributed by atoms with van der Waals surface area (Å²) >= 11 is 0. The normalized spacial score (nSPS) is 14.3. The maximum Gasteiger partial charge on any atom is 0.328 e. The molecule has 0 bridgehead atoms. The second-order valence-corrected chi connectivity index (χ2v) is 3.31. The van der Waals surface area contributed by atoms with Gasteiger partial charge in [-0.2, -0.15) is 0 Å². The molecule has 0 aliphatic carbocycles. The van der Waals surface area contributed by atoms with Gasteiger partial charge in [-0.05, 0) is 7.05 Å². The largest absolute Gasteiger partial charge is 0.480 e. The molecule has 0 aromatic rings. The maximum atomic E-state index is 11.5. The lowest BCUT2D eigenvalue weighted by molar-refractivity contribution is -0.143. The van der Waals surface area contributed by atoms with E-state index in [1.54, 1.807) is 14.0 Å². The molecule has 6 nitrogen and oxygen atoms in total. The van der Waals surface area contributed by atoms with Crippen LogP contribution in [0.4, 0.5) is 0 Å². The quantitative estimate of drug-likeness (QED) is 0.513. The van der Waals surface area contributed by atoms with Crippen molar-refractivity contribution in [2.24, 2.45) is 5.92 Å². The molecule has 2 unspecified atom stereocenters. The Balaban J connectivity index is 4.15. The number of hydrogen-bond donors (Lipinski definition) is 3. The van der Waals surface area contributed by atoms with Crippen LogP contribution in [0.1, 0.15) is 6.92 Å². The molecule has 1 amide bonds. The molecule has 0 radical (unpaired) electrons. The van der Waals surface area contributed by atoms with Crippen LogP contribution in [0.2, 0.25) is 0 Å². The Hall–Kier alpha value is -1.14. The lowest BCUT2D eigenvalue weighted by Gasteiger charge is -2.16. The highest BCUT2D eigenvalue weighted by molar-refractivity contribution is 5.84. The Labute approximate surface area is 89.0 Å². The number of carbonyl (C=O) groups excluding carboxylic acids is 1. The van der Waals surface area contributed by atoms with Crippen molar-refractivity contribution in [3.05, 3.63) is 0 Å². The number of hydrogen-bond acceptors (Lipinski definition) is 4. The van der Waals surface area contributed by atoms with Crippen LogP contribution in [0.3, 0.4) is 0 Å². The third kappa shape index (κ3) is 5.34. The highest BCUT2D eigenvalue weighted by Gasteiger charge is 2.22. The molecule has 0 aromatic heterocycles. The highest BCUT2D eigenvalue weighted by atomic mass is 16.5. The Morgan fingerprint density at radius 2 is 2.07 bits per heavy atom. The first kappa shape index (κ1) is 13.9. The molecule has 0 fully saturated rings. The molecule has 0 aromatic carbocycles. The third-order valence-corrected chi connectivity index (χ3v) is 1.91. The molecule has 0 heterocycles. The summed E-state index contributed by atoms with van der Waals surface area (Å²) in [5.74, 6) is -1.66. The maximum absolute atomic E-state index is 11.5. The predicted molar refractivity (Wildman–Crippen MR) is 54.5 cm³/mol. The number of nitrogens with one attached hydrogen (secondary N) is 2. The molecule has 2 atom stereocenters. The summed E-state index contributed by atoms with van der Waals surface area (Å²) in [5, 5.41) is 14.0. The number of methoxy groups -OCH3 is 1. The molecule has 0 rings (SSSR count). The molecule has 0 aliphatic heterocycles. The zero-order valence-corrected chi connectivity index (χ0v) is 9.24. The number of aliphatic carboxylic acids is 1. The fourth-order valence-electron chi connectivity index (χ4n) is 1.05. The van der Waals surface area contributed by atoms with E-state index in [9.17, 15) is 9.59 Å². The molecular formula is C9H18N2O4. The summed E-state index contributed by atoms with van der Waals surface area (Å²) in [4.78, 5) is 22.1. The van der Waals surface area contributed by atoms with E-state index >= 15 is 0 Å². The van der Waals surface area contributed by atoms with Crippen molar-refractivity contribution in [3.63, 3.8) is 0 Å². The summed E-state index contributed by atoms with van der Waals surface area (Å²) in [6.07, 6.45) is 0. The van der Waals surface area contributed by atoms with Crippen molar-refractivity contribution in [1.82, 2.24) is 10.6 Å². The van der Waals surface area contributed by atoms with E-state index in [1.807, 2.05) is 0 Å². The molecule has 3 N–H and O–H groups in total. The van der Waals surface area contributed by atoms with Gasteiger partial charge in [0.15, 0.2) is 6.04 Å². The van der Waals surface area contributed by atoms with E-state index in [0.717, 1.165) is 0 Å². The molecule has 88 valence electrons. The number of amides is 1. The monoisotopic (exact) mass is 218 g/mol. The number of carboxylic acid groups (broad SMARTS) is 1. The Bertz CT molecular complexity index is 220. The molecular weight excluding hydrogens is 200 g/mol. The van der Waals surface area contributed by atoms with Gasteiger partial charge in [0.2, 0.25) is 5.91 Å². The zero-order chi connectivity index (χ0) is 11.8. The van der Waals surface area contributed by atoms with Gasteiger partial charge in [-0.3, -0.25) is 4.79 Å². The van der Waals surface area contributed by atoms with Crippen molar-refractivity contribution >= 4 is 11.9 Å². The first-order chi connectivity index (χ1) is 7.02. The molecule has 6 heteroatoms. The molecule has 0 spiro atoms. The van der Waals surface area contributed by atoms with Crippen molar-refractivity contribution in [3.8, 4) is 0 Å². The SMILES string of the molecule is CNCC(C)C(=O)NC(COC)C(=O)O.